The van der Waals surface area contributed by atoms with E-state index in [4.69, 9.17) is 9.26 Å². The third-order valence-corrected chi connectivity index (χ3v) is 5.55. The van der Waals surface area contributed by atoms with Crippen molar-refractivity contribution in [1.82, 2.24) is 20.0 Å². The lowest BCUT2D eigenvalue weighted by atomic mass is 10.0. The van der Waals surface area contributed by atoms with Crippen LogP contribution < -0.4 is 9.64 Å². The fourth-order valence-corrected chi connectivity index (χ4v) is 3.91. The second kappa shape index (κ2) is 7.23. The van der Waals surface area contributed by atoms with Crippen LogP contribution in [-0.2, 0) is 6.54 Å². The van der Waals surface area contributed by atoms with E-state index in [1.54, 1.807) is 13.4 Å². The van der Waals surface area contributed by atoms with Gasteiger partial charge in [0.2, 0.25) is 5.88 Å². The highest BCUT2D eigenvalue weighted by Crippen LogP contribution is 2.36. The summed E-state index contributed by atoms with van der Waals surface area (Å²) in [6, 6.07) is 3.12. The molecule has 0 spiro atoms. The van der Waals surface area contributed by atoms with Gasteiger partial charge in [0, 0.05) is 43.3 Å². The van der Waals surface area contributed by atoms with Crippen LogP contribution in [0.2, 0.25) is 0 Å². The molecular weight excluding hydrogens is 330 g/mol. The van der Waals surface area contributed by atoms with E-state index in [1.807, 2.05) is 19.9 Å². The van der Waals surface area contributed by atoms with Gasteiger partial charge in [0.25, 0.3) is 0 Å². The monoisotopic (exact) mass is 357 g/mol. The molecular formula is C19H27N5O2. The topological polar surface area (TPSA) is 67.5 Å². The molecule has 7 nitrogen and oxygen atoms in total. The summed E-state index contributed by atoms with van der Waals surface area (Å²) in [5.41, 5.74) is 2.25. The van der Waals surface area contributed by atoms with Crippen LogP contribution in [0.4, 0.5) is 5.82 Å². The zero-order chi connectivity index (χ0) is 18.1. The number of aryl methyl sites for hydroxylation is 2. The summed E-state index contributed by atoms with van der Waals surface area (Å²) < 4.78 is 10.6. The van der Waals surface area contributed by atoms with Gasteiger partial charge in [0.05, 0.1) is 12.8 Å². The summed E-state index contributed by atoms with van der Waals surface area (Å²) in [4.78, 5) is 13.7. The summed E-state index contributed by atoms with van der Waals surface area (Å²) in [6.07, 6.45) is 6.41. The number of aromatic nitrogens is 3. The van der Waals surface area contributed by atoms with Gasteiger partial charge in [-0.25, -0.2) is 9.97 Å². The van der Waals surface area contributed by atoms with E-state index in [9.17, 15) is 0 Å². The molecule has 2 aromatic heterocycles. The lowest BCUT2D eigenvalue weighted by Gasteiger charge is -2.39. The Balaban J connectivity index is 1.42. The van der Waals surface area contributed by atoms with Crippen molar-refractivity contribution in [2.45, 2.75) is 58.2 Å². The Morgan fingerprint density at radius 1 is 1.15 bits per heavy atom. The minimum atomic E-state index is 0.531. The lowest BCUT2D eigenvalue weighted by molar-refractivity contribution is 0.199. The van der Waals surface area contributed by atoms with Crippen LogP contribution in [0.1, 0.15) is 42.7 Å². The number of likely N-dealkylation sites (tertiary alicyclic amines) is 1. The molecule has 2 aromatic rings. The van der Waals surface area contributed by atoms with Gasteiger partial charge in [0.1, 0.15) is 17.9 Å². The van der Waals surface area contributed by atoms with Crippen LogP contribution in [0.15, 0.2) is 16.9 Å². The molecule has 3 heterocycles. The van der Waals surface area contributed by atoms with E-state index in [0.29, 0.717) is 18.0 Å². The van der Waals surface area contributed by atoms with E-state index in [1.165, 1.54) is 18.4 Å². The van der Waals surface area contributed by atoms with Gasteiger partial charge in [-0.3, -0.25) is 4.90 Å². The van der Waals surface area contributed by atoms with E-state index in [-0.39, 0.29) is 0 Å². The number of nitrogens with zero attached hydrogens (tertiary/aromatic N) is 5. The fraction of sp³-hybridized carbons (Fsp3) is 0.632. The maximum Gasteiger partial charge on any atom is 0.218 e. The average molecular weight is 357 g/mol. The third-order valence-electron chi connectivity index (χ3n) is 5.55. The first-order valence-electron chi connectivity index (χ1n) is 9.44. The van der Waals surface area contributed by atoms with Crippen molar-refractivity contribution in [2.24, 2.45) is 0 Å². The fourth-order valence-electron chi connectivity index (χ4n) is 3.91. The van der Waals surface area contributed by atoms with E-state index < -0.39 is 0 Å². The van der Waals surface area contributed by atoms with Crippen LogP contribution in [0.5, 0.6) is 5.88 Å². The summed E-state index contributed by atoms with van der Waals surface area (Å²) in [5, 5.41) is 4.08. The van der Waals surface area contributed by atoms with Crippen molar-refractivity contribution in [1.29, 1.82) is 0 Å². The zero-order valence-corrected chi connectivity index (χ0v) is 15.8. The number of hydrogen-bond acceptors (Lipinski definition) is 7. The first-order valence-corrected chi connectivity index (χ1v) is 9.44. The second-order valence-electron chi connectivity index (χ2n) is 7.37. The largest absolute Gasteiger partial charge is 0.481 e. The predicted octanol–water partition coefficient (Wildman–Crippen LogP) is 2.72. The van der Waals surface area contributed by atoms with Crippen molar-refractivity contribution in [2.75, 3.05) is 25.1 Å². The summed E-state index contributed by atoms with van der Waals surface area (Å²) in [6.45, 7) is 7.12. The third kappa shape index (κ3) is 3.53. The summed E-state index contributed by atoms with van der Waals surface area (Å²) in [7, 11) is 1.65. The van der Waals surface area contributed by atoms with Gasteiger partial charge < -0.3 is 14.2 Å². The molecule has 0 atom stereocenters. The number of hydrogen-bond donors (Lipinski definition) is 0. The highest BCUT2D eigenvalue weighted by Gasteiger charge is 2.36. The van der Waals surface area contributed by atoms with Gasteiger partial charge >= 0.3 is 0 Å². The van der Waals surface area contributed by atoms with Crippen LogP contribution in [-0.4, -0.2) is 52.3 Å². The quantitative estimate of drug-likeness (QED) is 0.787. The Hall–Kier alpha value is -2.15. The molecule has 1 aliphatic carbocycles. The SMILES string of the molecule is COc1cc(N(C2CC2)C2CCN(Cc3c(C)noc3C)CC2)ncn1. The molecule has 4 rings (SSSR count). The Morgan fingerprint density at radius 2 is 1.88 bits per heavy atom. The molecule has 7 heteroatoms. The molecule has 26 heavy (non-hydrogen) atoms. The van der Waals surface area contributed by atoms with Gasteiger partial charge in [-0.05, 0) is 39.5 Å². The Bertz CT molecular complexity index is 731. The Labute approximate surface area is 154 Å². The normalized spacial score (nSPS) is 18.9. The number of ether oxygens (including phenoxy) is 1. The van der Waals surface area contributed by atoms with Gasteiger partial charge in [-0.2, -0.15) is 0 Å². The maximum absolute atomic E-state index is 5.30. The highest BCUT2D eigenvalue weighted by atomic mass is 16.5. The van der Waals surface area contributed by atoms with E-state index in [0.717, 1.165) is 49.7 Å². The second-order valence-corrected chi connectivity index (χ2v) is 7.37. The maximum atomic E-state index is 5.30. The van der Waals surface area contributed by atoms with Gasteiger partial charge in [-0.1, -0.05) is 5.16 Å². The Kier molecular flexibility index (Phi) is 4.80. The van der Waals surface area contributed by atoms with Crippen LogP contribution in [0.3, 0.4) is 0 Å². The molecule has 0 unspecified atom stereocenters. The van der Waals surface area contributed by atoms with Crippen molar-refractivity contribution in [3.63, 3.8) is 0 Å². The van der Waals surface area contributed by atoms with Crippen molar-refractivity contribution < 1.29 is 9.26 Å². The Morgan fingerprint density at radius 3 is 2.50 bits per heavy atom. The van der Waals surface area contributed by atoms with E-state index in [2.05, 4.69) is 24.9 Å². The van der Waals surface area contributed by atoms with Crippen LogP contribution >= 0.6 is 0 Å². The summed E-state index contributed by atoms with van der Waals surface area (Å²) in [5.74, 6) is 2.58. The molecule has 0 radical (unpaired) electrons. The molecule has 1 aliphatic heterocycles. The number of anilines is 1. The van der Waals surface area contributed by atoms with Crippen molar-refractivity contribution >= 4 is 5.82 Å². The molecule has 0 bridgehead atoms. The van der Waals surface area contributed by atoms with Crippen molar-refractivity contribution in [3.05, 3.63) is 29.4 Å². The minimum Gasteiger partial charge on any atom is -0.481 e. The van der Waals surface area contributed by atoms with Crippen molar-refractivity contribution in [3.8, 4) is 5.88 Å². The lowest BCUT2D eigenvalue weighted by Crippen LogP contribution is -2.46. The highest BCUT2D eigenvalue weighted by molar-refractivity contribution is 5.45. The number of rotatable bonds is 6. The van der Waals surface area contributed by atoms with Crippen LogP contribution in [0.25, 0.3) is 0 Å². The molecule has 0 N–H and O–H groups in total. The molecule has 0 aromatic carbocycles. The number of methoxy groups -OCH3 is 1. The first-order chi connectivity index (χ1) is 12.7. The molecule has 2 aliphatic rings. The predicted molar refractivity (Wildman–Crippen MR) is 98.4 cm³/mol. The summed E-state index contributed by atoms with van der Waals surface area (Å²) >= 11 is 0. The molecule has 0 amide bonds. The number of piperidine rings is 1. The van der Waals surface area contributed by atoms with Crippen LogP contribution in [0, 0.1) is 13.8 Å². The minimum absolute atomic E-state index is 0.531. The molecule has 2 fully saturated rings. The average Bonchev–Trinajstić information content (AvgIpc) is 3.45. The first kappa shape index (κ1) is 17.3. The van der Waals surface area contributed by atoms with Gasteiger partial charge in [0.15, 0.2) is 0 Å². The molecule has 1 saturated heterocycles. The zero-order valence-electron chi connectivity index (χ0n) is 15.8. The standard InChI is InChI=1S/C19H27N5O2/c1-13-17(14(2)26-22-13)11-23-8-6-16(7-9-23)24(15-4-5-15)18-10-19(25-3)21-12-20-18/h10,12,15-16H,4-9,11H2,1-3H3. The van der Waals surface area contributed by atoms with E-state index >= 15 is 0 Å². The molecule has 140 valence electrons. The molecule has 1 saturated carbocycles. The van der Waals surface area contributed by atoms with Gasteiger partial charge in [-0.15, -0.1) is 0 Å². The smallest absolute Gasteiger partial charge is 0.218 e.